The molecule has 0 bridgehead atoms. The number of nitriles is 1. The van der Waals surface area contributed by atoms with Gasteiger partial charge in [-0.1, -0.05) is 11.8 Å². The molecule has 3 rings (SSSR count). The number of aryl methyl sites for hydroxylation is 2. The molecule has 0 atom stereocenters. The van der Waals surface area contributed by atoms with E-state index in [0.29, 0.717) is 0 Å². The first-order valence-corrected chi connectivity index (χ1v) is 9.30. The number of fused-ring (bicyclic) bond motifs is 3. The molecule has 23 heavy (non-hydrogen) atoms. The van der Waals surface area contributed by atoms with Crippen LogP contribution in [0.25, 0.3) is 10.2 Å². The maximum atomic E-state index is 12.3. The highest BCUT2D eigenvalue weighted by Gasteiger charge is 2.28. The Labute approximate surface area is 143 Å². The van der Waals surface area contributed by atoms with Gasteiger partial charge in [0.1, 0.15) is 21.7 Å². The molecule has 120 valence electrons. The Bertz CT molecular complexity index is 806. The summed E-state index contributed by atoms with van der Waals surface area (Å²) in [4.78, 5) is 25.0. The van der Waals surface area contributed by atoms with E-state index in [1.807, 2.05) is 0 Å². The number of amides is 1. The Morgan fingerprint density at radius 2 is 2.26 bits per heavy atom. The van der Waals surface area contributed by atoms with Gasteiger partial charge in [0.2, 0.25) is 5.91 Å². The van der Waals surface area contributed by atoms with Crippen molar-refractivity contribution in [3.05, 3.63) is 16.8 Å². The van der Waals surface area contributed by atoms with Crippen molar-refractivity contribution >= 4 is 39.2 Å². The number of rotatable bonds is 4. The normalized spacial score (nSPS) is 13.8. The standard InChI is InChI=1S/C16H18N4OS2/c1-16(2,8-17)20(3)12(21)7-22-14-13-10-5-4-6-11(10)23-15(13)19-9-18-14/h9H,4-7H2,1-3H3. The fraction of sp³-hybridized carbons (Fsp3) is 0.500. The molecular formula is C16H18N4OS2. The molecule has 1 amide bonds. The number of carbonyl (C=O) groups excluding carboxylic acids is 1. The zero-order chi connectivity index (χ0) is 16.6. The molecule has 2 aromatic rings. The topological polar surface area (TPSA) is 69.9 Å². The van der Waals surface area contributed by atoms with Crippen LogP contribution in [0.15, 0.2) is 11.4 Å². The summed E-state index contributed by atoms with van der Waals surface area (Å²) in [6.07, 6.45) is 4.96. The lowest BCUT2D eigenvalue weighted by molar-refractivity contribution is -0.130. The second-order valence-electron chi connectivity index (χ2n) is 6.13. The third kappa shape index (κ3) is 2.93. The smallest absolute Gasteiger partial charge is 0.233 e. The first kappa shape index (κ1) is 16.2. The fourth-order valence-corrected chi connectivity index (χ4v) is 4.86. The molecule has 0 saturated carbocycles. The fourth-order valence-electron chi connectivity index (χ4n) is 2.62. The van der Waals surface area contributed by atoms with Crippen molar-refractivity contribution in [2.45, 2.75) is 43.7 Å². The Kier molecular flexibility index (Phi) is 4.30. The van der Waals surface area contributed by atoms with E-state index in [-0.39, 0.29) is 11.7 Å². The van der Waals surface area contributed by atoms with Gasteiger partial charge in [-0.15, -0.1) is 11.3 Å². The summed E-state index contributed by atoms with van der Waals surface area (Å²) in [6, 6.07) is 2.15. The molecule has 2 heterocycles. The molecular weight excluding hydrogens is 328 g/mol. The number of thiophene rings is 1. The second-order valence-corrected chi connectivity index (χ2v) is 8.18. The summed E-state index contributed by atoms with van der Waals surface area (Å²) in [6.45, 7) is 3.48. The first-order chi connectivity index (χ1) is 10.9. The summed E-state index contributed by atoms with van der Waals surface area (Å²) >= 11 is 3.18. The van der Waals surface area contributed by atoms with Crippen LogP contribution in [0.4, 0.5) is 0 Å². The maximum absolute atomic E-state index is 12.3. The summed E-state index contributed by atoms with van der Waals surface area (Å²) in [7, 11) is 1.67. The molecule has 0 unspecified atom stereocenters. The van der Waals surface area contributed by atoms with E-state index in [1.54, 1.807) is 38.6 Å². The average molecular weight is 346 g/mol. The minimum Gasteiger partial charge on any atom is -0.327 e. The van der Waals surface area contributed by atoms with E-state index in [0.717, 1.165) is 28.1 Å². The van der Waals surface area contributed by atoms with Crippen molar-refractivity contribution < 1.29 is 4.79 Å². The lowest BCUT2D eigenvalue weighted by Crippen LogP contribution is -2.44. The van der Waals surface area contributed by atoms with Gasteiger partial charge < -0.3 is 4.90 Å². The van der Waals surface area contributed by atoms with Gasteiger partial charge in [-0.3, -0.25) is 4.79 Å². The van der Waals surface area contributed by atoms with E-state index in [4.69, 9.17) is 5.26 Å². The van der Waals surface area contributed by atoms with Crippen LogP contribution in [0.1, 0.15) is 30.7 Å². The monoisotopic (exact) mass is 346 g/mol. The van der Waals surface area contributed by atoms with Crippen molar-refractivity contribution in [1.29, 1.82) is 5.26 Å². The largest absolute Gasteiger partial charge is 0.327 e. The number of aromatic nitrogens is 2. The number of thioether (sulfide) groups is 1. The number of hydrogen-bond acceptors (Lipinski definition) is 6. The Morgan fingerprint density at radius 3 is 3.00 bits per heavy atom. The minimum atomic E-state index is -0.803. The zero-order valence-electron chi connectivity index (χ0n) is 13.4. The highest BCUT2D eigenvalue weighted by molar-refractivity contribution is 8.00. The van der Waals surface area contributed by atoms with E-state index >= 15 is 0 Å². The van der Waals surface area contributed by atoms with Crippen LogP contribution in [0, 0.1) is 11.3 Å². The van der Waals surface area contributed by atoms with E-state index in [1.165, 1.54) is 33.5 Å². The van der Waals surface area contributed by atoms with Gasteiger partial charge in [-0.2, -0.15) is 5.26 Å². The van der Waals surface area contributed by atoms with Gasteiger partial charge in [-0.05, 0) is 38.7 Å². The Morgan fingerprint density at radius 1 is 1.48 bits per heavy atom. The quantitative estimate of drug-likeness (QED) is 0.629. The van der Waals surface area contributed by atoms with Crippen LogP contribution in [0.5, 0.6) is 0 Å². The van der Waals surface area contributed by atoms with Crippen molar-refractivity contribution in [2.75, 3.05) is 12.8 Å². The molecule has 0 N–H and O–H groups in total. The van der Waals surface area contributed by atoms with E-state index in [2.05, 4.69) is 16.0 Å². The molecule has 7 heteroatoms. The lowest BCUT2D eigenvalue weighted by Gasteiger charge is -2.28. The molecule has 0 radical (unpaired) electrons. The summed E-state index contributed by atoms with van der Waals surface area (Å²) in [5, 5.41) is 11.2. The van der Waals surface area contributed by atoms with Gasteiger partial charge in [0, 0.05) is 17.3 Å². The van der Waals surface area contributed by atoms with Crippen LogP contribution >= 0.6 is 23.1 Å². The summed E-state index contributed by atoms with van der Waals surface area (Å²) < 4.78 is 0. The number of hydrogen-bond donors (Lipinski definition) is 0. The highest BCUT2D eigenvalue weighted by atomic mass is 32.2. The van der Waals surface area contributed by atoms with Crippen LogP contribution in [0.3, 0.4) is 0 Å². The third-order valence-corrected chi connectivity index (χ3v) is 6.46. The Hall–Kier alpha value is -1.65. The highest BCUT2D eigenvalue weighted by Crippen LogP contribution is 2.40. The van der Waals surface area contributed by atoms with Crippen LogP contribution in [0.2, 0.25) is 0 Å². The predicted molar refractivity (Wildman–Crippen MR) is 92.6 cm³/mol. The van der Waals surface area contributed by atoms with Gasteiger partial charge in [0.25, 0.3) is 0 Å². The van der Waals surface area contributed by atoms with Gasteiger partial charge in [0.15, 0.2) is 0 Å². The van der Waals surface area contributed by atoms with Crippen molar-refractivity contribution in [2.24, 2.45) is 0 Å². The maximum Gasteiger partial charge on any atom is 0.233 e. The molecule has 1 aliphatic rings. The van der Waals surface area contributed by atoms with Crippen molar-refractivity contribution in [3.63, 3.8) is 0 Å². The molecule has 2 aromatic heterocycles. The average Bonchev–Trinajstić information content (AvgIpc) is 3.12. The number of carbonyl (C=O) groups is 1. The van der Waals surface area contributed by atoms with E-state index in [9.17, 15) is 4.79 Å². The molecule has 1 aliphatic carbocycles. The van der Waals surface area contributed by atoms with Crippen molar-refractivity contribution in [1.82, 2.24) is 14.9 Å². The lowest BCUT2D eigenvalue weighted by atomic mass is 10.1. The van der Waals surface area contributed by atoms with Gasteiger partial charge in [0.05, 0.1) is 11.8 Å². The van der Waals surface area contributed by atoms with Crippen LogP contribution in [-0.4, -0.2) is 39.1 Å². The number of nitrogens with zero attached hydrogens (tertiary/aromatic N) is 4. The molecule has 0 aliphatic heterocycles. The van der Waals surface area contributed by atoms with Gasteiger partial charge >= 0.3 is 0 Å². The zero-order valence-corrected chi connectivity index (χ0v) is 15.1. The summed E-state index contributed by atoms with van der Waals surface area (Å²) in [5.41, 5.74) is 0.564. The van der Waals surface area contributed by atoms with Crippen molar-refractivity contribution in [3.8, 4) is 6.07 Å². The SMILES string of the molecule is CN(C(=O)CSc1ncnc2sc3c(c12)CCC3)C(C)(C)C#N. The summed E-state index contributed by atoms with van der Waals surface area (Å²) in [5.74, 6) is 0.207. The predicted octanol–water partition coefficient (Wildman–Crippen LogP) is 3.03. The molecule has 5 nitrogen and oxygen atoms in total. The third-order valence-electron chi connectivity index (χ3n) is 4.29. The second kappa shape index (κ2) is 6.10. The molecule has 0 fully saturated rings. The molecule has 0 saturated heterocycles. The van der Waals surface area contributed by atoms with Crippen LogP contribution in [-0.2, 0) is 17.6 Å². The minimum absolute atomic E-state index is 0.0693. The first-order valence-electron chi connectivity index (χ1n) is 7.50. The van der Waals surface area contributed by atoms with Crippen LogP contribution < -0.4 is 0 Å². The van der Waals surface area contributed by atoms with E-state index < -0.39 is 5.54 Å². The van der Waals surface area contributed by atoms with Gasteiger partial charge in [-0.25, -0.2) is 9.97 Å². The molecule has 0 spiro atoms. The Balaban J connectivity index is 1.81. The molecule has 0 aromatic carbocycles.